The molecule has 3 aromatic rings. The number of nitrogens with one attached hydrogen (secondary N) is 2. The molecule has 0 saturated carbocycles. The molecule has 2 N–H and O–H groups in total. The van der Waals surface area contributed by atoms with Crippen molar-refractivity contribution in [1.29, 1.82) is 0 Å². The van der Waals surface area contributed by atoms with Crippen molar-refractivity contribution < 1.29 is 9.53 Å². The van der Waals surface area contributed by atoms with E-state index in [9.17, 15) is 9.59 Å². The van der Waals surface area contributed by atoms with Crippen LogP contribution in [0.5, 0.6) is 0 Å². The summed E-state index contributed by atoms with van der Waals surface area (Å²) in [6, 6.07) is 17.2. The van der Waals surface area contributed by atoms with Gasteiger partial charge < -0.3 is 15.0 Å². The van der Waals surface area contributed by atoms with E-state index in [4.69, 9.17) is 4.74 Å². The first-order valence-corrected chi connectivity index (χ1v) is 10.0. The number of aromatic nitrogens is 2. The number of carbonyl (C=O) groups is 1. The first kappa shape index (κ1) is 20.7. The number of aryl methyl sites for hydroxylation is 1. The number of nitrogens with zero attached hydrogens (tertiary/aromatic N) is 2. The second kappa shape index (κ2) is 10.5. The molecule has 0 atom stereocenters. The van der Waals surface area contributed by atoms with Crippen LogP contribution in [0.3, 0.4) is 0 Å². The van der Waals surface area contributed by atoms with E-state index in [1.165, 1.54) is 0 Å². The molecule has 0 unspecified atom stereocenters. The van der Waals surface area contributed by atoms with Gasteiger partial charge in [-0.2, -0.15) is 0 Å². The summed E-state index contributed by atoms with van der Waals surface area (Å²) in [4.78, 5) is 25.8. The smallest absolute Gasteiger partial charge is 0.410 e. The highest BCUT2D eigenvalue weighted by molar-refractivity contribution is 5.78. The van der Waals surface area contributed by atoms with Crippen LogP contribution in [0, 0.1) is 0 Å². The van der Waals surface area contributed by atoms with Crippen LogP contribution in [0.2, 0.25) is 0 Å². The predicted molar refractivity (Wildman–Crippen MR) is 114 cm³/mol. The fourth-order valence-corrected chi connectivity index (χ4v) is 3.21. The Bertz CT molecular complexity index is 965. The number of para-hydroxylation sites is 1. The Morgan fingerprint density at radius 2 is 1.86 bits per heavy atom. The number of ether oxygens (including phenoxy) is 1. The molecule has 2 aromatic carbocycles. The zero-order valence-corrected chi connectivity index (χ0v) is 16.8. The van der Waals surface area contributed by atoms with Crippen LogP contribution in [-0.2, 0) is 17.9 Å². The summed E-state index contributed by atoms with van der Waals surface area (Å²) in [5, 5.41) is 6.94. The summed E-state index contributed by atoms with van der Waals surface area (Å²) in [7, 11) is 0. The number of amides is 1. The lowest BCUT2D eigenvalue weighted by atomic mass is 10.2. The highest BCUT2D eigenvalue weighted by Crippen LogP contribution is 2.08. The van der Waals surface area contributed by atoms with Gasteiger partial charge in [-0.15, -0.1) is 0 Å². The molecule has 0 aliphatic carbocycles. The molecule has 1 amide bonds. The Morgan fingerprint density at radius 1 is 1.10 bits per heavy atom. The summed E-state index contributed by atoms with van der Waals surface area (Å²) in [5.74, 6) is 0. The van der Waals surface area contributed by atoms with E-state index in [1.807, 2.05) is 66.2 Å². The Hall–Kier alpha value is -3.06. The third-order valence-corrected chi connectivity index (χ3v) is 4.81. The molecule has 1 aromatic heterocycles. The molecule has 29 heavy (non-hydrogen) atoms. The van der Waals surface area contributed by atoms with Crippen LogP contribution in [0.15, 0.2) is 59.4 Å². The van der Waals surface area contributed by atoms with Crippen molar-refractivity contribution in [3.8, 4) is 0 Å². The van der Waals surface area contributed by atoms with E-state index in [2.05, 4.69) is 10.4 Å². The third kappa shape index (κ3) is 5.71. The molecule has 0 aliphatic heterocycles. The van der Waals surface area contributed by atoms with Crippen LogP contribution < -0.4 is 10.9 Å². The zero-order valence-electron chi connectivity index (χ0n) is 16.8. The summed E-state index contributed by atoms with van der Waals surface area (Å²) in [6.07, 6.45) is 0.577. The summed E-state index contributed by atoms with van der Waals surface area (Å²) in [5.41, 5.74) is 1.85. The minimum atomic E-state index is -0.297. The molecule has 154 valence electrons. The number of rotatable bonds is 10. The van der Waals surface area contributed by atoms with Gasteiger partial charge in [0, 0.05) is 26.2 Å². The largest absolute Gasteiger partial charge is 0.445 e. The summed E-state index contributed by atoms with van der Waals surface area (Å²) in [6.45, 7) is 5.64. The van der Waals surface area contributed by atoms with Gasteiger partial charge >= 0.3 is 6.09 Å². The molecule has 3 rings (SSSR count). The lowest BCUT2D eigenvalue weighted by molar-refractivity contribution is 0.0982. The number of benzene rings is 2. The van der Waals surface area contributed by atoms with Gasteiger partial charge in [-0.3, -0.25) is 14.6 Å². The number of likely N-dealkylation sites (N-methyl/N-ethyl adjacent to an activating group) is 1. The standard InChI is InChI=1S/C22H28N4O3/c1-2-25(22(28)29-17-18-9-4-3-5-10-18)16-14-23-13-8-15-26-20-12-7-6-11-19(20)21(27)24-26/h3-7,9-12,23H,2,8,13-17H2,1H3,(H,24,27). The normalized spacial score (nSPS) is 10.9. The van der Waals surface area contributed by atoms with Crippen molar-refractivity contribution in [2.45, 2.75) is 26.5 Å². The van der Waals surface area contributed by atoms with Crippen molar-refractivity contribution in [3.63, 3.8) is 0 Å². The highest BCUT2D eigenvalue weighted by atomic mass is 16.6. The zero-order chi connectivity index (χ0) is 20.5. The molecule has 0 aliphatic rings. The lowest BCUT2D eigenvalue weighted by Gasteiger charge is -2.20. The van der Waals surface area contributed by atoms with E-state index < -0.39 is 0 Å². The molecular weight excluding hydrogens is 368 g/mol. The topological polar surface area (TPSA) is 79.4 Å². The Kier molecular flexibility index (Phi) is 7.47. The molecule has 0 bridgehead atoms. The molecule has 0 spiro atoms. The fourth-order valence-electron chi connectivity index (χ4n) is 3.21. The van der Waals surface area contributed by atoms with Gasteiger partial charge in [0.25, 0.3) is 5.56 Å². The van der Waals surface area contributed by atoms with Gasteiger partial charge in [0.2, 0.25) is 0 Å². The highest BCUT2D eigenvalue weighted by Gasteiger charge is 2.12. The number of fused-ring (bicyclic) bond motifs is 1. The molecule has 7 nitrogen and oxygen atoms in total. The number of carbonyl (C=O) groups excluding carboxylic acids is 1. The van der Waals surface area contributed by atoms with E-state index in [-0.39, 0.29) is 18.3 Å². The van der Waals surface area contributed by atoms with Crippen molar-refractivity contribution in [1.82, 2.24) is 20.0 Å². The van der Waals surface area contributed by atoms with Crippen LogP contribution in [0.1, 0.15) is 18.9 Å². The number of hydrogen-bond donors (Lipinski definition) is 2. The van der Waals surface area contributed by atoms with Crippen LogP contribution in [-0.4, -0.2) is 47.0 Å². The molecule has 7 heteroatoms. The van der Waals surface area contributed by atoms with Crippen LogP contribution in [0.25, 0.3) is 10.9 Å². The van der Waals surface area contributed by atoms with E-state index in [0.717, 1.165) is 30.6 Å². The predicted octanol–water partition coefficient (Wildman–Crippen LogP) is 2.97. The summed E-state index contributed by atoms with van der Waals surface area (Å²) >= 11 is 0. The number of hydrogen-bond acceptors (Lipinski definition) is 4. The molecular formula is C22H28N4O3. The summed E-state index contributed by atoms with van der Waals surface area (Å²) < 4.78 is 7.27. The van der Waals surface area contributed by atoms with E-state index in [0.29, 0.717) is 25.0 Å². The second-order valence-corrected chi connectivity index (χ2v) is 6.83. The van der Waals surface area contributed by atoms with Gasteiger partial charge in [0.15, 0.2) is 0 Å². The Morgan fingerprint density at radius 3 is 2.66 bits per heavy atom. The average molecular weight is 396 g/mol. The average Bonchev–Trinajstić information content (AvgIpc) is 3.08. The van der Waals surface area contributed by atoms with Gasteiger partial charge in [-0.1, -0.05) is 42.5 Å². The maximum absolute atomic E-state index is 12.2. The van der Waals surface area contributed by atoms with Crippen molar-refractivity contribution >= 4 is 17.0 Å². The minimum absolute atomic E-state index is 0.0545. The third-order valence-electron chi connectivity index (χ3n) is 4.81. The maximum Gasteiger partial charge on any atom is 0.410 e. The van der Waals surface area contributed by atoms with E-state index in [1.54, 1.807) is 4.90 Å². The lowest BCUT2D eigenvalue weighted by Crippen LogP contribution is -2.37. The Labute approximate surface area is 170 Å². The second-order valence-electron chi connectivity index (χ2n) is 6.83. The van der Waals surface area contributed by atoms with Gasteiger partial charge in [-0.25, -0.2) is 4.79 Å². The van der Waals surface area contributed by atoms with Gasteiger partial charge in [0.1, 0.15) is 6.61 Å². The van der Waals surface area contributed by atoms with E-state index >= 15 is 0 Å². The first-order valence-electron chi connectivity index (χ1n) is 10.0. The molecule has 0 fully saturated rings. The van der Waals surface area contributed by atoms with Crippen molar-refractivity contribution in [2.24, 2.45) is 0 Å². The maximum atomic E-state index is 12.2. The van der Waals surface area contributed by atoms with Crippen molar-refractivity contribution in [3.05, 3.63) is 70.5 Å². The molecule has 1 heterocycles. The SMILES string of the molecule is CCN(CCNCCCn1[nH]c(=O)c2ccccc21)C(=O)OCc1ccccc1. The monoisotopic (exact) mass is 396 g/mol. The van der Waals surface area contributed by atoms with Gasteiger partial charge in [0.05, 0.1) is 10.9 Å². The van der Waals surface area contributed by atoms with Crippen molar-refractivity contribution in [2.75, 3.05) is 26.2 Å². The fraction of sp³-hybridized carbons (Fsp3) is 0.364. The van der Waals surface area contributed by atoms with Crippen LogP contribution >= 0.6 is 0 Å². The quantitative estimate of drug-likeness (QED) is 0.517. The van der Waals surface area contributed by atoms with Crippen LogP contribution in [0.4, 0.5) is 4.79 Å². The first-order chi connectivity index (χ1) is 14.2. The number of H-pyrrole nitrogens is 1. The molecule has 0 radical (unpaired) electrons. The van der Waals surface area contributed by atoms with Gasteiger partial charge in [-0.05, 0) is 37.6 Å². The molecule has 0 saturated heterocycles. The Balaban J connectivity index is 1.35. The minimum Gasteiger partial charge on any atom is -0.445 e. The number of aromatic amines is 1.